The highest BCUT2D eigenvalue weighted by Crippen LogP contribution is 2.33. The molecule has 12 heteroatoms. The minimum atomic E-state index is -1.51. The number of esters is 1. The molecule has 0 bridgehead atoms. The number of para-hydroxylation sites is 1. The van der Waals surface area contributed by atoms with Crippen molar-refractivity contribution in [1.82, 2.24) is 15.5 Å². The number of rotatable bonds is 15. The van der Waals surface area contributed by atoms with Crippen LogP contribution >= 0.6 is 0 Å². The first-order valence-corrected chi connectivity index (χ1v) is 16.6. The van der Waals surface area contributed by atoms with Gasteiger partial charge in [-0.2, -0.15) is 0 Å². The third kappa shape index (κ3) is 13.8. The van der Waals surface area contributed by atoms with E-state index in [-0.39, 0.29) is 23.7 Å². The van der Waals surface area contributed by atoms with Crippen molar-refractivity contribution >= 4 is 29.8 Å². The van der Waals surface area contributed by atoms with Crippen molar-refractivity contribution in [2.45, 2.75) is 123 Å². The molecule has 4 amide bonds. The molecular weight excluding hydrogens is 628 g/mol. The number of nitrogens with two attached hydrogens (primary N) is 1. The number of aromatic hydroxyl groups is 1. The van der Waals surface area contributed by atoms with Crippen molar-refractivity contribution in [2.24, 2.45) is 11.7 Å². The minimum absolute atomic E-state index is 0.0717. The van der Waals surface area contributed by atoms with Crippen LogP contribution in [0.4, 0.5) is 4.79 Å². The number of carbonyl (C=O) groups excluding carboxylic acids is 5. The summed E-state index contributed by atoms with van der Waals surface area (Å²) in [6.07, 6.45) is -0.380. The Kier molecular flexibility index (Phi) is 14.6. The number of primary amides is 1. The second kappa shape index (κ2) is 17.7. The summed E-state index contributed by atoms with van der Waals surface area (Å²) in [4.78, 5) is 69.0. The molecule has 4 unspecified atom stereocenters. The van der Waals surface area contributed by atoms with Crippen LogP contribution < -0.4 is 16.4 Å². The summed E-state index contributed by atoms with van der Waals surface area (Å²) < 4.78 is 11.0. The Morgan fingerprint density at radius 3 is 1.90 bits per heavy atom. The van der Waals surface area contributed by atoms with Gasteiger partial charge in [0.25, 0.3) is 0 Å². The van der Waals surface area contributed by atoms with Crippen LogP contribution in [0.5, 0.6) is 5.75 Å². The molecule has 5 N–H and O–H groups in total. The average molecular weight is 683 g/mol. The topological polar surface area (TPSA) is 177 Å². The van der Waals surface area contributed by atoms with E-state index in [4.69, 9.17) is 15.2 Å². The minimum Gasteiger partial charge on any atom is -0.508 e. The Labute approximate surface area is 290 Å². The van der Waals surface area contributed by atoms with Gasteiger partial charge in [0.05, 0.1) is 6.42 Å². The van der Waals surface area contributed by atoms with E-state index in [0.29, 0.717) is 12.8 Å². The van der Waals surface area contributed by atoms with E-state index in [1.165, 1.54) is 17.0 Å². The van der Waals surface area contributed by atoms with Gasteiger partial charge in [0.1, 0.15) is 35.1 Å². The number of hydrogen-bond donors (Lipinski definition) is 4. The number of hydrogen-bond acceptors (Lipinski definition) is 8. The molecule has 0 saturated carbocycles. The summed E-state index contributed by atoms with van der Waals surface area (Å²) in [5.74, 6) is -3.19. The fourth-order valence-electron chi connectivity index (χ4n) is 5.15. The summed E-state index contributed by atoms with van der Waals surface area (Å²) in [6.45, 7) is 15.8. The Bertz CT molecular complexity index is 1430. The molecule has 12 nitrogen and oxygen atoms in total. The number of ether oxygens (including phenoxy) is 2. The van der Waals surface area contributed by atoms with Crippen molar-refractivity contribution in [1.29, 1.82) is 0 Å². The lowest BCUT2D eigenvalue weighted by atomic mass is 9.95. The lowest BCUT2D eigenvalue weighted by Gasteiger charge is -2.39. The van der Waals surface area contributed by atoms with E-state index < -0.39 is 71.6 Å². The maximum absolute atomic E-state index is 14.6. The predicted molar refractivity (Wildman–Crippen MR) is 186 cm³/mol. The van der Waals surface area contributed by atoms with E-state index in [9.17, 15) is 29.1 Å². The van der Waals surface area contributed by atoms with Crippen molar-refractivity contribution in [2.75, 3.05) is 0 Å². The molecule has 0 aliphatic heterocycles. The van der Waals surface area contributed by atoms with Gasteiger partial charge in [0, 0.05) is 18.0 Å². The van der Waals surface area contributed by atoms with Crippen LogP contribution in [0.3, 0.4) is 0 Å². The number of phenols is 1. The Balaban J connectivity index is 2.73. The molecule has 0 aliphatic rings. The molecule has 0 fully saturated rings. The fraction of sp³-hybridized carbons (Fsp3) is 0.541. The zero-order chi connectivity index (χ0) is 37.1. The molecule has 0 radical (unpaired) electrons. The van der Waals surface area contributed by atoms with Gasteiger partial charge in [-0.05, 0) is 78.9 Å². The zero-order valence-electron chi connectivity index (χ0n) is 30.2. The molecule has 2 rings (SSSR count). The third-order valence-electron chi connectivity index (χ3n) is 7.33. The number of nitrogens with one attached hydrogen (secondary N) is 2. The summed E-state index contributed by atoms with van der Waals surface area (Å²) in [7, 11) is 0. The van der Waals surface area contributed by atoms with Crippen molar-refractivity contribution in [3.8, 4) is 5.75 Å². The number of benzene rings is 2. The normalized spacial score (nSPS) is 14.2. The smallest absolute Gasteiger partial charge is 0.408 e. The van der Waals surface area contributed by atoms with Crippen LogP contribution in [-0.2, 0) is 35.1 Å². The van der Waals surface area contributed by atoms with Gasteiger partial charge >= 0.3 is 12.1 Å². The van der Waals surface area contributed by atoms with Gasteiger partial charge in [-0.25, -0.2) is 9.59 Å². The molecule has 0 saturated heterocycles. The third-order valence-corrected chi connectivity index (χ3v) is 7.33. The number of carbonyl (C=O) groups is 5. The van der Waals surface area contributed by atoms with Crippen molar-refractivity contribution in [3.63, 3.8) is 0 Å². The van der Waals surface area contributed by atoms with Crippen LogP contribution in [-0.4, -0.2) is 69.1 Å². The number of alkyl carbamates (subject to hydrolysis) is 1. The van der Waals surface area contributed by atoms with Crippen LogP contribution in [0.2, 0.25) is 0 Å². The maximum atomic E-state index is 14.6. The Morgan fingerprint density at radius 1 is 0.796 bits per heavy atom. The summed E-state index contributed by atoms with van der Waals surface area (Å²) in [5, 5.41) is 16.3. The predicted octanol–water partition coefficient (Wildman–Crippen LogP) is 4.92. The van der Waals surface area contributed by atoms with Gasteiger partial charge in [-0.3, -0.25) is 14.4 Å². The van der Waals surface area contributed by atoms with Gasteiger partial charge < -0.3 is 35.8 Å². The second-order valence-electron chi connectivity index (χ2n) is 14.7. The van der Waals surface area contributed by atoms with Crippen LogP contribution in [0.15, 0.2) is 54.6 Å². The average Bonchev–Trinajstić information content (AvgIpc) is 2.96. The first kappa shape index (κ1) is 40.6. The van der Waals surface area contributed by atoms with Gasteiger partial charge in [-0.1, -0.05) is 62.4 Å². The Hall–Kier alpha value is -4.61. The van der Waals surface area contributed by atoms with E-state index in [1.807, 2.05) is 44.2 Å². The summed E-state index contributed by atoms with van der Waals surface area (Å²) in [5.41, 5.74) is 4.57. The molecular formula is C37H54N4O8. The van der Waals surface area contributed by atoms with E-state index in [0.717, 1.165) is 5.56 Å². The van der Waals surface area contributed by atoms with E-state index >= 15 is 0 Å². The summed E-state index contributed by atoms with van der Waals surface area (Å²) >= 11 is 0. The van der Waals surface area contributed by atoms with Crippen molar-refractivity contribution in [3.05, 3.63) is 65.7 Å². The molecule has 0 heterocycles. The van der Waals surface area contributed by atoms with E-state index in [2.05, 4.69) is 10.6 Å². The quantitative estimate of drug-likeness (QED) is 0.191. The molecule has 4 atom stereocenters. The van der Waals surface area contributed by atoms with Gasteiger partial charge in [0.2, 0.25) is 17.7 Å². The number of amides is 4. The first-order chi connectivity index (χ1) is 22.7. The zero-order valence-corrected chi connectivity index (χ0v) is 30.2. The largest absolute Gasteiger partial charge is 0.508 e. The van der Waals surface area contributed by atoms with Gasteiger partial charge in [-0.15, -0.1) is 0 Å². The van der Waals surface area contributed by atoms with Crippen LogP contribution in [0.1, 0.15) is 98.7 Å². The Morgan fingerprint density at radius 2 is 1.37 bits per heavy atom. The molecule has 0 aliphatic carbocycles. The molecule has 270 valence electrons. The standard InChI is InChI=1S/C37H54N4O8/c1-23(2)19-20-24(3)41(33(45)27(22-30(38)43)40-35(47)49-37(7,8)9)31(26-17-13-14-18-29(26)42)32(44)39-28(34(46)48-36(4,5)6)21-25-15-11-10-12-16-25/h10-18,23-24,27-28,31,42H,19-22H2,1-9H3,(H2,38,43)(H,39,44)(H,40,47). The monoisotopic (exact) mass is 682 g/mol. The SMILES string of the molecule is CC(C)CCC(C)N(C(=O)C(CC(N)=O)NC(=O)OC(C)(C)C)C(C(=O)NC(Cc1ccccc1)C(=O)OC(C)(C)C)c1ccccc1O. The fourth-order valence-corrected chi connectivity index (χ4v) is 5.15. The molecule has 2 aromatic rings. The van der Waals surface area contributed by atoms with E-state index in [1.54, 1.807) is 60.6 Å². The summed E-state index contributed by atoms with van der Waals surface area (Å²) in [6, 6.07) is 10.3. The number of phenolic OH excluding ortho intramolecular Hbond substituents is 1. The number of nitrogens with zero attached hydrogens (tertiary/aromatic N) is 1. The van der Waals surface area contributed by atoms with Gasteiger partial charge in [0.15, 0.2) is 0 Å². The highest BCUT2D eigenvalue weighted by atomic mass is 16.6. The highest BCUT2D eigenvalue weighted by molar-refractivity contribution is 5.96. The molecule has 0 aromatic heterocycles. The lowest BCUT2D eigenvalue weighted by molar-refractivity contribution is -0.159. The highest BCUT2D eigenvalue weighted by Gasteiger charge is 2.41. The lowest BCUT2D eigenvalue weighted by Crippen LogP contribution is -2.57. The second-order valence-corrected chi connectivity index (χ2v) is 14.7. The maximum Gasteiger partial charge on any atom is 0.408 e. The molecule has 2 aromatic carbocycles. The molecule has 49 heavy (non-hydrogen) atoms. The van der Waals surface area contributed by atoms with Crippen LogP contribution in [0.25, 0.3) is 0 Å². The van der Waals surface area contributed by atoms with Crippen molar-refractivity contribution < 1.29 is 38.6 Å². The molecule has 0 spiro atoms. The first-order valence-electron chi connectivity index (χ1n) is 16.6. The van der Waals surface area contributed by atoms with Crippen LogP contribution in [0, 0.1) is 5.92 Å².